The molecule has 1 aromatic rings. The van der Waals surface area contributed by atoms with E-state index in [1.807, 2.05) is 4.90 Å². The maximum absolute atomic E-state index is 12.9. The van der Waals surface area contributed by atoms with Crippen molar-refractivity contribution in [3.05, 3.63) is 35.9 Å². The molecule has 2 aliphatic heterocycles. The Morgan fingerprint density at radius 1 is 1.12 bits per heavy atom. The van der Waals surface area contributed by atoms with Gasteiger partial charge >= 0.3 is 0 Å². The largest absolute Gasteiger partial charge is 0.372 e. The van der Waals surface area contributed by atoms with Crippen molar-refractivity contribution < 1.29 is 9.53 Å². The van der Waals surface area contributed by atoms with Crippen molar-refractivity contribution in [3.63, 3.8) is 0 Å². The summed E-state index contributed by atoms with van der Waals surface area (Å²) in [7, 11) is 0. The van der Waals surface area contributed by atoms with E-state index in [1.165, 1.54) is 5.56 Å². The first-order valence-corrected chi connectivity index (χ1v) is 9.32. The smallest absolute Gasteiger partial charge is 0.227 e. The summed E-state index contributed by atoms with van der Waals surface area (Å²) >= 11 is 0. The van der Waals surface area contributed by atoms with E-state index in [-0.39, 0.29) is 18.1 Å². The van der Waals surface area contributed by atoms with Gasteiger partial charge in [0.15, 0.2) is 0 Å². The molecular formula is C20H30N2O2. The molecule has 1 aromatic carbocycles. The average molecular weight is 330 g/mol. The van der Waals surface area contributed by atoms with Crippen LogP contribution in [0.15, 0.2) is 30.3 Å². The van der Waals surface area contributed by atoms with Gasteiger partial charge in [-0.25, -0.2) is 0 Å². The fourth-order valence-corrected chi connectivity index (χ4v) is 4.01. The molecule has 0 aliphatic carbocycles. The summed E-state index contributed by atoms with van der Waals surface area (Å²) in [5.74, 6) is 0.494. The molecule has 24 heavy (non-hydrogen) atoms. The van der Waals surface area contributed by atoms with Crippen LogP contribution in [0, 0.1) is 5.92 Å². The maximum atomic E-state index is 12.9. The van der Waals surface area contributed by atoms with Crippen LogP contribution in [0.5, 0.6) is 0 Å². The van der Waals surface area contributed by atoms with Gasteiger partial charge in [-0.2, -0.15) is 0 Å². The molecule has 0 radical (unpaired) electrons. The molecule has 1 amide bonds. The average Bonchev–Trinajstić information content (AvgIpc) is 2.59. The van der Waals surface area contributed by atoms with Gasteiger partial charge in [0.25, 0.3) is 0 Å². The monoisotopic (exact) mass is 330 g/mol. The number of piperidine rings is 1. The fourth-order valence-electron chi connectivity index (χ4n) is 4.01. The van der Waals surface area contributed by atoms with Crippen LogP contribution in [0.1, 0.15) is 32.3 Å². The molecule has 2 aliphatic rings. The van der Waals surface area contributed by atoms with Crippen LogP contribution < -0.4 is 0 Å². The Balaban J connectivity index is 1.52. The van der Waals surface area contributed by atoms with Crippen LogP contribution in [0.25, 0.3) is 0 Å². The predicted molar refractivity (Wildman–Crippen MR) is 95.9 cm³/mol. The highest BCUT2D eigenvalue weighted by Crippen LogP contribution is 2.21. The Kier molecular flexibility index (Phi) is 5.90. The molecule has 0 bridgehead atoms. The minimum Gasteiger partial charge on any atom is -0.372 e. The molecule has 0 aromatic heterocycles. The molecule has 4 heteroatoms. The molecule has 3 rings (SSSR count). The molecule has 2 fully saturated rings. The maximum Gasteiger partial charge on any atom is 0.227 e. The van der Waals surface area contributed by atoms with Crippen molar-refractivity contribution in [2.24, 2.45) is 5.92 Å². The van der Waals surface area contributed by atoms with Gasteiger partial charge in [-0.3, -0.25) is 4.79 Å². The van der Waals surface area contributed by atoms with Gasteiger partial charge in [-0.1, -0.05) is 30.3 Å². The number of carbonyl (C=O) groups excluding carboxylic acids is 1. The molecule has 2 heterocycles. The molecule has 4 nitrogen and oxygen atoms in total. The van der Waals surface area contributed by atoms with Gasteiger partial charge < -0.3 is 14.5 Å². The molecule has 0 saturated carbocycles. The lowest BCUT2D eigenvalue weighted by Gasteiger charge is -2.39. The summed E-state index contributed by atoms with van der Waals surface area (Å²) < 4.78 is 5.76. The number of rotatable bonds is 4. The van der Waals surface area contributed by atoms with Gasteiger partial charge in [0, 0.05) is 26.2 Å². The van der Waals surface area contributed by atoms with Crippen molar-refractivity contribution >= 4 is 5.91 Å². The van der Waals surface area contributed by atoms with E-state index in [0.717, 1.165) is 52.0 Å². The number of amides is 1. The molecule has 0 N–H and O–H groups in total. The summed E-state index contributed by atoms with van der Waals surface area (Å²) in [6.07, 6.45) is 3.51. The topological polar surface area (TPSA) is 32.8 Å². The van der Waals surface area contributed by atoms with E-state index in [1.54, 1.807) is 0 Å². The number of morpholine rings is 1. The zero-order valence-corrected chi connectivity index (χ0v) is 15.0. The highest BCUT2D eigenvalue weighted by atomic mass is 16.5. The van der Waals surface area contributed by atoms with E-state index in [9.17, 15) is 4.79 Å². The van der Waals surface area contributed by atoms with Gasteiger partial charge in [0.2, 0.25) is 5.91 Å². The van der Waals surface area contributed by atoms with Crippen molar-refractivity contribution in [1.82, 2.24) is 9.80 Å². The van der Waals surface area contributed by atoms with E-state index < -0.39 is 0 Å². The first-order valence-electron chi connectivity index (χ1n) is 9.32. The number of benzene rings is 1. The second-order valence-corrected chi connectivity index (χ2v) is 7.38. The first kappa shape index (κ1) is 17.4. The lowest BCUT2D eigenvalue weighted by atomic mass is 9.95. The Morgan fingerprint density at radius 3 is 2.54 bits per heavy atom. The number of likely N-dealkylation sites (tertiary alicyclic amines) is 1. The zero-order valence-electron chi connectivity index (χ0n) is 15.0. The summed E-state index contributed by atoms with van der Waals surface area (Å²) in [5.41, 5.74) is 1.38. The van der Waals surface area contributed by atoms with Crippen LogP contribution in [0.2, 0.25) is 0 Å². The number of ether oxygens (including phenoxy) is 1. The third-order valence-corrected chi connectivity index (χ3v) is 5.15. The van der Waals surface area contributed by atoms with E-state index in [4.69, 9.17) is 4.74 Å². The van der Waals surface area contributed by atoms with Crippen molar-refractivity contribution in [2.45, 2.75) is 45.3 Å². The third-order valence-electron chi connectivity index (χ3n) is 5.15. The summed E-state index contributed by atoms with van der Waals surface area (Å²) in [6.45, 7) is 8.67. The van der Waals surface area contributed by atoms with Crippen molar-refractivity contribution in [3.8, 4) is 0 Å². The van der Waals surface area contributed by atoms with Crippen LogP contribution in [0.3, 0.4) is 0 Å². The third kappa shape index (κ3) is 4.58. The fraction of sp³-hybridized carbons (Fsp3) is 0.650. The molecule has 0 spiro atoms. The number of hydrogen-bond acceptors (Lipinski definition) is 3. The van der Waals surface area contributed by atoms with Gasteiger partial charge in [0.1, 0.15) is 0 Å². The van der Waals surface area contributed by atoms with E-state index >= 15 is 0 Å². The number of nitrogens with zero attached hydrogens (tertiary/aromatic N) is 2. The second-order valence-electron chi connectivity index (χ2n) is 7.38. The quantitative estimate of drug-likeness (QED) is 0.851. The number of carbonyl (C=O) groups is 1. The highest BCUT2D eigenvalue weighted by Gasteiger charge is 2.32. The Hall–Kier alpha value is -1.39. The first-order chi connectivity index (χ1) is 11.6. The van der Waals surface area contributed by atoms with Crippen LogP contribution in [-0.2, 0) is 16.0 Å². The Labute approximate surface area is 145 Å². The highest BCUT2D eigenvalue weighted by molar-refractivity contribution is 5.79. The number of hydrogen-bond donors (Lipinski definition) is 0. The predicted octanol–water partition coefficient (Wildman–Crippen LogP) is 2.58. The summed E-state index contributed by atoms with van der Waals surface area (Å²) in [5, 5.41) is 0. The van der Waals surface area contributed by atoms with Crippen molar-refractivity contribution in [1.29, 1.82) is 0 Å². The van der Waals surface area contributed by atoms with Crippen LogP contribution >= 0.6 is 0 Å². The second kappa shape index (κ2) is 8.13. The van der Waals surface area contributed by atoms with Crippen LogP contribution in [-0.4, -0.2) is 60.6 Å². The minimum atomic E-state index is 0.149. The minimum absolute atomic E-state index is 0.149. The summed E-state index contributed by atoms with van der Waals surface area (Å²) in [6, 6.07) is 10.6. The lowest BCUT2D eigenvalue weighted by molar-refractivity contribution is -0.149. The SMILES string of the molecule is C[C@@H]1CN(C(=O)[C@@H]2CCCN(CCc3ccccc3)C2)C[C@@H](C)O1. The molecule has 2 saturated heterocycles. The van der Waals surface area contributed by atoms with Gasteiger partial charge in [-0.05, 0) is 45.2 Å². The standard InChI is InChI=1S/C20H30N2O2/c1-16-13-22(14-17(2)24-16)20(23)19-9-6-11-21(15-19)12-10-18-7-4-3-5-8-18/h3-5,7-8,16-17,19H,6,9-15H2,1-2H3/t16-,17-,19-/m1/s1. The van der Waals surface area contributed by atoms with E-state index in [0.29, 0.717) is 5.91 Å². The molecule has 0 unspecified atom stereocenters. The Bertz CT molecular complexity index is 524. The summed E-state index contributed by atoms with van der Waals surface area (Å²) in [4.78, 5) is 17.4. The molecule has 132 valence electrons. The normalized spacial score (nSPS) is 28.8. The molecule has 3 atom stereocenters. The van der Waals surface area contributed by atoms with Gasteiger partial charge in [0.05, 0.1) is 18.1 Å². The van der Waals surface area contributed by atoms with Crippen LogP contribution in [0.4, 0.5) is 0 Å². The Morgan fingerprint density at radius 2 is 1.83 bits per heavy atom. The van der Waals surface area contributed by atoms with E-state index in [2.05, 4.69) is 49.1 Å². The van der Waals surface area contributed by atoms with Gasteiger partial charge in [-0.15, -0.1) is 0 Å². The molecular weight excluding hydrogens is 300 g/mol. The zero-order chi connectivity index (χ0) is 16.9. The van der Waals surface area contributed by atoms with Crippen molar-refractivity contribution in [2.75, 3.05) is 32.7 Å². The lowest BCUT2D eigenvalue weighted by Crippen LogP contribution is -2.52.